The Morgan fingerprint density at radius 3 is 2.27 bits per heavy atom. The summed E-state index contributed by atoms with van der Waals surface area (Å²) in [5.74, 6) is 0.0821. The Hall–Kier alpha value is -1.83. The number of amides is 2. The summed E-state index contributed by atoms with van der Waals surface area (Å²) in [5.41, 5.74) is -0.414. The lowest BCUT2D eigenvalue weighted by Gasteiger charge is -2.47. The minimum atomic E-state index is -0.807. The van der Waals surface area contributed by atoms with Crippen LogP contribution in [0.5, 0.6) is 0 Å². The van der Waals surface area contributed by atoms with E-state index in [1.807, 2.05) is 44.8 Å². The maximum absolute atomic E-state index is 14.4. The first-order chi connectivity index (χ1) is 23.9. The van der Waals surface area contributed by atoms with E-state index in [2.05, 4.69) is 39.5 Å². The molecule has 51 heavy (non-hydrogen) atoms. The minimum Gasteiger partial charge on any atom is -0.386 e. The largest absolute Gasteiger partial charge is 0.386 e. The molecule has 1 aromatic rings. The molecule has 3 heterocycles. The number of hydrogen-bond acceptors (Lipinski definition) is 9. The lowest BCUT2D eigenvalue weighted by Crippen LogP contribution is -2.59. The quantitative estimate of drug-likeness (QED) is 0.448. The van der Waals surface area contributed by atoms with Gasteiger partial charge >= 0.3 is 0 Å². The molecule has 290 valence electrons. The fourth-order valence-electron chi connectivity index (χ4n) is 8.71. The van der Waals surface area contributed by atoms with E-state index in [0.29, 0.717) is 56.3 Å². The molecule has 0 bridgehead atoms. The smallest absolute Gasteiger partial charge is 0.254 e. The zero-order valence-electron chi connectivity index (χ0n) is 32.9. The van der Waals surface area contributed by atoms with Crippen LogP contribution in [0.3, 0.4) is 0 Å². The van der Waals surface area contributed by atoms with Crippen molar-refractivity contribution in [3.8, 4) is 0 Å². The summed E-state index contributed by atoms with van der Waals surface area (Å²) in [6.07, 6.45) is -0.264. The number of carbonyl (C=O) groups is 2. The number of piperazine rings is 1. The van der Waals surface area contributed by atoms with Gasteiger partial charge < -0.3 is 38.8 Å². The molecule has 0 aliphatic carbocycles. The van der Waals surface area contributed by atoms with Crippen molar-refractivity contribution in [2.75, 3.05) is 67.6 Å². The minimum absolute atomic E-state index is 0.0109. The molecule has 1 aromatic carbocycles. The van der Waals surface area contributed by atoms with Crippen LogP contribution in [-0.2, 0) is 23.7 Å². The molecule has 11 nitrogen and oxygen atoms in total. The molecular formula is C39H65ClN4O7. The summed E-state index contributed by atoms with van der Waals surface area (Å²) in [4.78, 5) is 35.4. The van der Waals surface area contributed by atoms with Gasteiger partial charge in [0.05, 0.1) is 30.5 Å². The van der Waals surface area contributed by atoms with Crippen LogP contribution in [0.25, 0.3) is 0 Å². The maximum atomic E-state index is 14.4. The fourth-order valence-corrected chi connectivity index (χ4v) is 8.90. The van der Waals surface area contributed by atoms with Crippen molar-refractivity contribution in [3.05, 3.63) is 34.9 Å². The standard InChI is InChI=1S/C39H65ClN4O7/c1-25-21-39(7,48-11)34(51-37-33(45)31(41(8)9)19-27(3)50-37)26(2)22-38(5,6)24-49-28(4)32(42(10)23-25)36(47)44-17-15-43(16-18-44)35(46)29-13-12-14-30(40)20-29/h12-14,20,25-28,31-34,37,45H,15-19,21-24H2,1-11H3/t25-,26-,27-,28+,31+,32-,33-,34-,37+,39-/m1/s1. The molecule has 10 atom stereocenters. The molecule has 3 aliphatic rings. The molecule has 3 saturated heterocycles. The normalized spacial score (nSPS) is 36.2. The first-order valence-corrected chi connectivity index (χ1v) is 19.1. The molecule has 0 aromatic heterocycles. The highest BCUT2D eigenvalue weighted by Gasteiger charge is 2.47. The van der Waals surface area contributed by atoms with Gasteiger partial charge in [-0.25, -0.2) is 0 Å². The van der Waals surface area contributed by atoms with Crippen LogP contribution in [0.4, 0.5) is 0 Å². The van der Waals surface area contributed by atoms with Gasteiger partial charge in [-0.05, 0) is 96.6 Å². The monoisotopic (exact) mass is 736 g/mol. The van der Waals surface area contributed by atoms with Crippen LogP contribution in [0.2, 0.25) is 5.02 Å². The highest BCUT2D eigenvalue weighted by atomic mass is 35.5. The third kappa shape index (κ3) is 10.4. The number of benzene rings is 1. The van der Waals surface area contributed by atoms with E-state index in [-0.39, 0.29) is 53.4 Å². The Balaban J connectivity index is 1.54. The number of likely N-dealkylation sites (N-methyl/N-ethyl adjacent to an activating group) is 2. The Labute approximate surface area is 311 Å². The Morgan fingerprint density at radius 1 is 1.02 bits per heavy atom. The first kappa shape index (κ1) is 41.9. The van der Waals surface area contributed by atoms with E-state index in [1.165, 1.54) is 0 Å². The van der Waals surface area contributed by atoms with Gasteiger partial charge in [0.2, 0.25) is 5.91 Å². The van der Waals surface area contributed by atoms with E-state index in [1.54, 1.807) is 36.3 Å². The predicted octanol–water partition coefficient (Wildman–Crippen LogP) is 4.64. The summed E-state index contributed by atoms with van der Waals surface area (Å²) in [6.45, 7) is 17.7. The van der Waals surface area contributed by atoms with E-state index in [9.17, 15) is 14.7 Å². The van der Waals surface area contributed by atoms with Crippen LogP contribution in [0.15, 0.2) is 24.3 Å². The number of methoxy groups -OCH3 is 1. The Morgan fingerprint density at radius 2 is 1.67 bits per heavy atom. The van der Waals surface area contributed by atoms with Crippen molar-refractivity contribution in [2.45, 2.75) is 116 Å². The molecule has 12 heteroatoms. The van der Waals surface area contributed by atoms with E-state index in [0.717, 1.165) is 12.8 Å². The number of carbonyl (C=O) groups excluding carboxylic acids is 2. The number of halogens is 1. The third-order valence-corrected chi connectivity index (χ3v) is 11.5. The predicted molar refractivity (Wildman–Crippen MR) is 200 cm³/mol. The van der Waals surface area contributed by atoms with Crippen molar-refractivity contribution in [2.24, 2.45) is 17.3 Å². The van der Waals surface area contributed by atoms with Gasteiger partial charge in [-0.3, -0.25) is 14.5 Å². The van der Waals surface area contributed by atoms with E-state index < -0.39 is 24.0 Å². The number of hydrogen-bond donors (Lipinski definition) is 1. The zero-order chi connectivity index (χ0) is 37.8. The van der Waals surface area contributed by atoms with Crippen molar-refractivity contribution in [1.29, 1.82) is 0 Å². The second-order valence-electron chi connectivity index (χ2n) is 16.8. The molecule has 4 rings (SSSR count). The summed E-state index contributed by atoms with van der Waals surface area (Å²) in [5, 5.41) is 11.9. The van der Waals surface area contributed by atoms with Gasteiger partial charge in [-0.1, -0.05) is 45.4 Å². The average molecular weight is 737 g/mol. The second kappa shape index (κ2) is 17.5. The SMILES string of the molecule is CO[C@]1(C)C[C@@H](C)CN(C)[C@@H](C(=O)N2CCN(C(=O)c3cccc(Cl)c3)CC2)[C@H](C)OCC(C)(C)C[C@@H](C)[C@H]1O[C@@H]1O[C@H](C)C[C@H](N(C)C)[C@H]1O. The van der Waals surface area contributed by atoms with Crippen LogP contribution >= 0.6 is 11.6 Å². The van der Waals surface area contributed by atoms with E-state index >= 15 is 0 Å². The Bertz CT molecular complexity index is 1310. The second-order valence-corrected chi connectivity index (χ2v) is 17.3. The molecule has 1 N–H and O–H groups in total. The van der Waals surface area contributed by atoms with Gasteiger partial charge in [0.15, 0.2) is 6.29 Å². The van der Waals surface area contributed by atoms with Crippen molar-refractivity contribution < 1.29 is 33.6 Å². The van der Waals surface area contributed by atoms with Gasteiger partial charge in [0, 0.05) is 56.5 Å². The number of aliphatic hydroxyl groups is 1. The van der Waals surface area contributed by atoms with Gasteiger partial charge in [0.25, 0.3) is 5.91 Å². The lowest BCUT2D eigenvalue weighted by molar-refractivity contribution is -0.298. The first-order valence-electron chi connectivity index (χ1n) is 18.7. The van der Waals surface area contributed by atoms with Crippen LogP contribution < -0.4 is 0 Å². The fraction of sp³-hybridized carbons (Fsp3) is 0.795. The highest BCUT2D eigenvalue weighted by molar-refractivity contribution is 6.30. The average Bonchev–Trinajstić information content (AvgIpc) is 3.06. The highest BCUT2D eigenvalue weighted by Crippen LogP contribution is 2.39. The Kier molecular flexibility index (Phi) is 14.4. The maximum Gasteiger partial charge on any atom is 0.254 e. The molecule has 3 fully saturated rings. The van der Waals surface area contributed by atoms with Crippen molar-refractivity contribution in [3.63, 3.8) is 0 Å². The summed E-state index contributed by atoms with van der Waals surface area (Å²) in [6, 6.07) is 6.39. The molecule has 2 amide bonds. The molecule has 0 radical (unpaired) electrons. The summed E-state index contributed by atoms with van der Waals surface area (Å²) < 4.78 is 26.1. The molecular weight excluding hydrogens is 672 g/mol. The van der Waals surface area contributed by atoms with Crippen LogP contribution in [0.1, 0.15) is 78.1 Å². The third-order valence-electron chi connectivity index (χ3n) is 11.2. The molecule has 0 saturated carbocycles. The van der Waals surface area contributed by atoms with Gasteiger partial charge in [0.1, 0.15) is 12.1 Å². The summed E-state index contributed by atoms with van der Waals surface area (Å²) in [7, 11) is 7.69. The lowest BCUT2D eigenvalue weighted by atomic mass is 9.75. The van der Waals surface area contributed by atoms with Crippen molar-refractivity contribution in [1.82, 2.24) is 19.6 Å². The number of rotatable bonds is 6. The molecule has 0 unspecified atom stereocenters. The zero-order valence-corrected chi connectivity index (χ0v) is 33.7. The summed E-state index contributed by atoms with van der Waals surface area (Å²) >= 11 is 6.14. The topological polar surface area (TPSA) is 104 Å². The number of ether oxygens (including phenoxy) is 4. The molecule has 0 spiro atoms. The van der Waals surface area contributed by atoms with Crippen molar-refractivity contribution >= 4 is 23.4 Å². The number of nitrogens with zero attached hydrogens (tertiary/aromatic N) is 4. The van der Waals surface area contributed by atoms with E-state index in [4.69, 9.17) is 30.5 Å². The molecule has 3 aliphatic heterocycles. The van der Waals surface area contributed by atoms with Gasteiger partial charge in [-0.15, -0.1) is 0 Å². The van der Waals surface area contributed by atoms with Crippen LogP contribution in [0, 0.1) is 17.3 Å². The number of aliphatic hydroxyl groups excluding tert-OH is 1. The van der Waals surface area contributed by atoms with Crippen LogP contribution in [-0.4, -0.2) is 152 Å². The van der Waals surface area contributed by atoms with Gasteiger partial charge in [-0.2, -0.15) is 0 Å².